The van der Waals surface area contributed by atoms with Crippen LogP contribution in [0, 0.1) is 0 Å². The Bertz CT molecular complexity index is 53.0. The molecule has 0 aromatic heterocycles. The van der Waals surface area contributed by atoms with Gasteiger partial charge in [0.1, 0.15) is 0 Å². The molecular formula is C6H16NNaS. The summed E-state index contributed by atoms with van der Waals surface area (Å²) in [6.07, 6.45) is 0. The van der Waals surface area contributed by atoms with Crippen molar-refractivity contribution in [3.63, 3.8) is 0 Å². The topological polar surface area (TPSA) is 3.24 Å². The summed E-state index contributed by atoms with van der Waals surface area (Å²) >= 11 is 4.13. The van der Waals surface area contributed by atoms with Crippen LogP contribution in [0.4, 0.5) is 0 Å². The number of rotatable bonds is 4. The van der Waals surface area contributed by atoms with Crippen LogP contribution in [0.1, 0.15) is 15.3 Å². The van der Waals surface area contributed by atoms with Crippen molar-refractivity contribution in [3.8, 4) is 0 Å². The zero-order chi connectivity index (χ0) is 6.41. The minimum absolute atomic E-state index is 0. The van der Waals surface area contributed by atoms with Gasteiger partial charge in [0.05, 0.1) is 0 Å². The normalized spacial score (nSPS) is 9.33. The molecule has 0 saturated carbocycles. The van der Waals surface area contributed by atoms with E-state index in [9.17, 15) is 0 Å². The smallest absolute Gasteiger partial charge is 1.00 e. The van der Waals surface area contributed by atoms with Gasteiger partial charge in [-0.05, 0) is 13.1 Å². The van der Waals surface area contributed by atoms with Gasteiger partial charge in [-0.3, -0.25) is 0 Å². The van der Waals surface area contributed by atoms with E-state index < -0.39 is 0 Å². The Balaban J connectivity index is -0.000000245. The van der Waals surface area contributed by atoms with Gasteiger partial charge >= 0.3 is 29.6 Å². The summed E-state index contributed by atoms with van der Waals surface area (Å²) in [5.74, 6) is 0.974. The molecule has 0 aromatic rings. The van der Waals surface area contributed by atoms with E-state index >= 15 is 0 Å². The maximum atomic E-state index is 4.13. The Kier molecular flexibility index (Phi) is 13.4. The zero-order valence-electron chi connectivity index (χ0n) is 7.72. The zero-order valence-corrected chi connectivity index (χ0v) is 9.62. The molecule has 0 saturated heterocycles. The van der Waals surface area contributed by atoms with E-state index in [0.717, 1.165) is 25.4 Å². The number of thiol groups is 1. The van der Waals surface area contributed by atoms with Crippen molar-refractivity contribution in [2.45, 2.75) is 13.8 Å². The third-order valence-electron chi connectivity index (χ3n) is 1.31. The molecule has 0 fully saturated rings. The van der Waals surface area contributed by atoms with Crippen molar-refractivity contribution in [3.05, 3.63) is 0 Å². The van der Waals surface area contributed by atoms with Crippen molar-refractivity contribution >= 4 is 12.6 Å². The molecule has 0 amide bonds. The first-order valence-electron chi connectivity index (χ1n) is 3.18. The summed E-state index contributed by atoms with van der Waals surface area (Å²) < 4.78 is 0. The van der Waals surface area contributed by atoms with Gasteiger partial charge in [0.2, 0.25) is 0 Å². The quantitative estimate of drug-likeness (QED) is 0.379. The van der Waals surface area contributed by atoms with E-state index in [2.05, 4.69) is 31.4 Å². The summed E-state index contributed by atoms with van der Waals surface area (Å²) in [7, 11) is 0. The first kappa shape index (κ1) is 12.9. The summed E-state index contributed by atoms with van der Waals surface area (Å²) in [5.41, 5.74) is 0. The fourth-order valence-corrected chi connectivity index (χ4v) is 0.964. The molecule has 0 aliphatic heterocycles. The molecule has 9 heavy (non-hydrogen) atoms. The Morgan fingerprint density at radius 2 is 1.78 bits per heavy atom. The largest absolute Gasteiger partial charge is 1.00 e. The average Bonchev–Trinajstić information content (AvgIpc) is 1.83. The van der Waals surface area contributed by atoms with E-state index in [1.807, 2.05) is 0 Å². The second kappa shape index (κ2) is 9.31. The molecule has 0 spiro atoms. The van der Waals surface area contributed by atoms with Crippen molar-refractivity contribution in [1.29, 1.82) is 0 Å². The molecular weight excluding hydrogens is 141 g/mol. The van der Waals surface area contributed by atoms with Crippen LogP contribution in [-0.4, -0.2) is 30.3 Å². The Morgan fingerprint density at radius 3 is 1.89 bits per heavy atom. The Morgan fingerprint density at radius 1 is 1.33 bits per heavy atom. The van der Waals surface area contributed by atoms with E-state index in [1.54, 1.807) is 0 Å². The number of hydrogen-bond acceptors (Lipinski definition) is 2. The van der Waals surface area contributed by atoms with E-state index in [1.165, 1.54) is 0 Å². The molecule has 52 valence electrons. The molecule has 0 aliphatic rings. The van der Waals surface area contributed by atoms with Crippen LogP contribution in [0.3, 0.4) is 0 Å². The fraction of sp³-hybridized carbons (Fsp3) is 1.00. The predicted octanol–water partition coefficient (Wildman–Crippen LogP) is -1.63. The monoisotopic (exact) mass is 157 g/mol. The summed E-state index contributed by atoms with van der Waals surface area (Å²) in [6.45, 7) is 7.77. The summed E-state index contributed by atoms with van der Waals surface area (Å²) in [4.78, 5) is 2.35. The number of hydrogen-bond donors (Lipinski definition) is 1. The third kappa shape index (κ3) is 7.20. The molecule has 1 nitrogen and oxygen atoms in total. The Labute approximate surface area is 87.4 Å². The maximum absolute atomic E-state index is 4.13. The third-order valence-corrected chi connectivity index (χ3v) is 1.51. The standard InChI is InChI=1S/C6H15NS.Na.H/c1-3-7(4-2)5-6-8;;/h8H,3-6H2,1-2H3;;/q;+1;-1. The molecule has 0 unspecified atom stereocenters. The molecule has 0 aromatic carbocycles. The van der Waals surface area contributed by atoms with E-state index in [4.69, 9.17) is 0 Å². The molecule has 0 aliphatic carbocycles. The van der Waals surface area contributed by atoms with Gasteiger partial charge in [-0.15, -0.1) is 0 Å². The van der Waals surface area contributed by atoms with Gasteiger partial charge in [0.25, 0.3) is 0 Å². The molecule has 0 heterocycles. The van der Waals surface area contributed by atoms with Crippen LogP contribution < -0.4 is 29.6 Å². The predicted molar refractivity (Wildman–Crippen MR) is 42.8 cm³/mol. The van der Waals surface area contributed by atoms with Crippen LogP contribution in [0.15, 0.2) is 0 Å². The minimum Gasteiger partial charge on any atom is -1.00 e. The van der Waals surface area contributed by atoms with E-state index in [-0.39, 0.29) is 31.0 Å². The van der Waals surface area contributed by atoms with Gasteiger partial charge in [0.15, 0.2) is 0 Å². The number of nitrogens with zero attached hydrogens (tertiary/aromatic N) is 1. The average molecular weight is 157 g/mol. The second-order valence-corrected chi connectivity index (χ2v) is 2.20. The van der Waals surface area contributed by atoms with Gasteiger partial charge in [-0.1, -0.05) is 13.8 Å². The summed E-state index contributed by atoms with van der Waals surface area (Å²) in [6, 6.07) is 0. The minimum atomic E-state index is 0. The maximum Gasteiger partial charge on any atom is 1.00 e. The van der Waals surface area contributed by atoms with Crippen molar-refractivity contribution in [1.82, 2.24) is 4.90 Å². The van der Waals surface area contributed by atoms with Crippen molar-refractivity contribution in [2.75, 3.05) is 25.4 Å². The Hall–Kier alpha value is 1.31. The molecule has 0 atom stereocenters. The van der Waals surface area contributed by atoms with E-state index in [0.29, 0.717) is 0 Å². The molecule has 3 heteroatoms. The first-order chi connectivity index (χ1) is 3.85. The van der Waals surface area contributed by atoms with Crippen LogP contribution in [0.2, 0.25) is 0 Å². The van der Waals surface area contributed by atoms with Crippen LogP contribution in [0.25, 0.3) is 0 Å². The van der Waals surface area contributed by atoms with Crippen LogP contribution in [-0.2, 0) is 0 Å². The van der Waals surface area contributed by atoms with Gasteiger partial charge < -0.3 is 6.33 Å². The second-order valence-electron chi connectivity index (χ2n) is 1.75. The van der Waals surface area contributed by atoms with Gasteiger partial charge in [-0.25, -0.2) is 0 Å². The molecule has 0 N–H and O–H groups in total. The molecule has 0 radical (unpaired) electrons. The molecule has 0 rings (SSSR count). The molecule has 0 bridgehead atoms. The van der Waals surface area contributed by atoms with Crippen LogP contribution >= 0.6 is 12.6 Å². The first-order valence-corrected chi connectivity index (χ1v) is 3.81. The van der Waals surface area contributed by atoms with Crippen molar-refractivity contribution < 1.29 is 31.0 Å². The fourth-order valence-electron chi connectivity index (χ4n) is 0.681. The van der Waals surface area contributed by atoms with Gasteiger partial charge in [-0.2, -0.15) is 12.6 Å². The SMILES string of the molecule is CCN(CC)CCS.[H-].[Na+]. The van der Waals surface area contributed by atoms with Crippen LogP contribution in [0.5, 0.6) is 0 Å². The van der Waals surface area contributed by atoms with Crippen molar-refractivity contribution in [2.24, 2.45) is 0 Å². The summed E-state index contributed by atoms with van der Waals surface area (Å²) in [5, 5.41) is 0. The van der Waals surface area contributed by atoms with Gasteiger partial charge in [0, 0.05) is 12.3 Å².